The number of likely N-dealkylation sites (tertiary alicyclic amines) is 2. The zero-order valence-electron chi connectivity index (χ0n) is 19.9. The fourth-order valence-corrected chi connectivity index (χ4v) is 5.34. The fourth-order valence-electron chi connectivity index (χ4n) is 5.34. The van der Waals surface area contributed by atoms with E-state index < -0.39 is 0 Å². The third-order valence-electron chi connectivity index (χ3n) is 7.52. The highest BCUT2D eigenvalue weighted by Crippen LogP contribution is 2.28. The molecule has 0 bridgehead atoms. The van der Waals surface area contributed by atoms with Gasteiger partial charge in [-0.3, -0.25) is 9.59 Å². The minimum Gasteiger partial charge on any atom is -0.381 e. The molecule has 3 saturated heterocycles. The largest absolute Gasteiger partial charge is 0.381 e. The van der Waals surface area contributed by atoms with Crippen molar-refractivity contribution in [1.82, 2.24) is 19.9 Å². The Morgan fingerprint density at radius 3 is 2.56 bits per heavy atom. The minimum atomic E-state index is -0.229. The first-order chi connectivity index (χ1) is 16.5. The molecule has 1 unspecified atom stereocenters. The Kier molecular flexibility index (Phi) is 6.94. The maximum atomic E-state index is 13.1. The smallest absolute Gasteiger partial charge is 0.227 e. The molecular formula is C26H34N4O4. The van der Waals surface area contributed by atoms with E-state index in [1.807, 2.05) is 9.80 Å². The number of benzene rings is 1. The van der Waals surface area contributed by atoms with Crippen molar-refractivity contribution in [3.05, 3.63) is 47.1 Å². The zero-order valence-corrected chi connectivity index (χ0v) is 19.9. The molecule has 3 fully saturated rings. The van der Waals surface area contributed by atoms with Crippen molar-refractivity contribution in [3.8, 4) is 0 Å². The van der Waals surface area contributed by atoms with Gasteiger partial charge in [0.25, 0.3) is 0 Å². The molecule has 2 aromatic rings. The van der Waals surface area contributed by atoms with Gasteiger partial charge in [0.1, 0.15) is 0 Å². The number of aromatic nitrogens is 2. The van der Waals surface area contributed by atoms with Gasteiger partial charge in [-0.1, -0.05) is 35.0 Å². The number of aryl methyl sites for hydroxylation is 1. The van der Waals surface area contributed by atoms with Crippen molar-refractivity contribution in [1.29, 1.82) is 0 Å². The lowest BCUT2D eigenvalue weighted by molar-refractivity contribution is -0.137. The first kappa shape index (κ1) is 23.0. The van der Waals surface area contributed by atoms with Gasteiger partial charge in [0.15, 0.2) is 5.82 Å². The van der Waals surface area contributed by atoms with Gasteiger partial charge in [-0.2, -0.15) is 4.98 Å². The molecule has 34 heavy (non-hydrogen) atoms. The third kappa shape index (κ3) is 5.32. The monoisotopic (exact) mass is 466 g/mol. The second kappa shape index (κ2) is 10.3. The number of rotatable bonds is 6. The molecule has 1 aromatic heterocycles. The summed E-state index contributed by atoms with van der Waals surface area (Å²) in [6.07, 6.45) is 4.84. The van der Waals surface area contributed by atoms with E-state index in [2.05, 4.69) is 41.3 Å². The predicted molar refractivity (Wildman–Crippen MR) is 125 cm³/mol. The summed E-state index contributed by atoms with van der Waals surface area (Å²) in [5.74, 6) is 2.27. The molecule has 0 spiro atoms. The first-order valence-electron chi connectivity index (χ1n) is 12.6. The summed E-state index contributed by atoms with van der Waals surface area (Å²) in [6, 6.07) is 8.22. The summed E-state index contributed by atoms with van der Waals surface area (Å²) in [4.78, 5) is 34.1. The lowest BCUT2D eigenvalue weighted by Gasteiger charge is -2.33. The quantitative estimate of drug-likeness (QED) is 0.650. The summed E-state index contributed by atoms with van der Waals surface area (Å²) in [7, 11) is 0. The van der Waals surface area contributed by atoms with Crippen LogP contribution in [0.25, 0.3) is 0 Å². The summed E-state index contributed by atoms with van der Waals surface area (Å²) < 4.78 is 10.9. The predicted octanol–water partition coefficient (Wildman–Crippen LogP) is 3.10. The molecule has 0 radical (unpaired) electrons. The lowest BCUT2D eigenvalue weighted by atomic mass is 9.92. The van der Waals surface area contributed by atoms with E-state index >= 15 is 0 Å². The van der Waals surface area contributed by atoms with Crippen molar-refractivity contribution >= 4 is 11.8 Å². The highest BCUT2D eigenvalue weighted by atomic mass is 16.5. The Morgan fingerprint density at radius 2 is 1.82 bits per heavy atom. The van der Waals surface area contributed by atoms with Crippen molar-refractivity contribution in [3.63, 3.8) is 0 Å². The molecule has 2 amide bonds. The van der Waals surface area contributed by atoms with Crippen LogP contribution in [0, 0.1) is 18.8 Å². The van der Waals surface area contributed by atoms with Crippen molar-refractivity contribution in [2.45, 2.75) is 57.9 Å². The topological polar surface area (TPSA) is 88.8 Å². The molecule has 8 nitrogen and oxygen atoms in total. The maximum Gasteiger partial charge on any atom is 0.227 e. The molecule has 5 rings (SSSR count). The Morgan fingerprint density at radius 1 is 1.09 bits per heavy atom. The zero-order chi connectivity index (χ0) is 23.5. The molecule has 3 aliphatic heterocycles. The van der Waals surface area contributed by atoms with E-state index in [1.165, 1.54) is 5.56 Å². The summed E-state index contributed by atoms with van der Waals surface area (Å²) in [5.41, 5.74) is 2.31. The van der Waals surface area contributed by atoms with Crippen LogP contribution >= 0.6 is 0 Å². The van der Waals surface area contributed by atoms with Crippen LogP contribution in [0.1, 0.15) is 60.9 Å². The highest BCUT2D eigenvalue weighted by Gasteiger charge is 2.37. The van der Waals surface area contributed by atoms with Crippen LogP contribution in [0.3, 0.4) is 0 Å². The SMILES string of the molecule is Cc1ccc(CN2CC(C(=O)N3CCC(Cc4nc(C5CCOCC5)no4)CC3)CC2=O)cc1. The van der Waals surface area contributed by atoms with E-state index in [-0.39, 0.29) is 17.7 Å². The number of piperidine rings is 1. The number of carbonyl (C=O) groups is 2. The van der Waals surface area contributed by atoms with Gasteiger partial charge in [0.2, 0.25) is 17.7 Å². The van der Waals surface area contributed by atoms with Gasteiger partial charge in [-0.05, 0) is 44.1 Å². The van der Waals surface area contributed by atoms with Gasteiger partial charge in [-0.25, -0.2) is 0 Å². The Balaban J connectivity index is 1.09. The molecule has 4 heterocycles. The molecule has 0 aliphatic carbocycles. The van der Waals surface area contributed by atoms with Crippen LogP contribution in [0.4, 0.5) is 0 Å². The van der Waals surface area contributed by atoms with Crippen LogP contribution in [-0.4, -0.2) is 64.6 Å². The van der Waals surface area contributed by atoms with Crippen molar-refractivity contribution in [2.75, 3.05) is 32.8 Å². The second-order valence-electron chi connectivity index (χ2n) is 10.1. The van der Waals surface area contributed by atoms with Gasteiger partial charge >= 0.3 is 0 Å². The molecular weight excluding hydrogens is 432 g/mol. The summed E-state index contributed by atoms with van der Waals surface area (Å²) in [6.45, 7) is 6.12. The van der Waals surface area contributed by atoms with Crippen LogP contribution in [-0.2, 0) is 27.3 Å². The van der Waals surface area contributed by atoms with Crippen LogP contribution in [0.2, 0.25) is 0 Å². The number of hydrogen-bond acceptors (Lipinski definition) is 6. The van der Waals surface area contributed by atoms with E-state index in [4.69, 9.17) is 9.26 Å². The normalized spacial score (nSPS) is 22.5. The van der Waals surface area contributed by atoms with Gasteiger partial charge in [0.05, 0.1) is 5.92 Å². The number of carbonyl (C=O) groups excluding carboxylic acids is 2. The molecule has 1 aromatic carbocycles. The maximum absolute atomic E-state index is 13.1. The van der Waals surface area contributed by atoms with E-state index in [0.717, 1.165) is 69.8 Å². The van der Waals surface area contributed by atoms with Crippen molar-refractivity contribution in [2.24, 2.45) is 11.8 Å². The Bertz CT molecular complexity index is 990. The number of hydrogen-bond donors (Lipinski definition) is 0. The minimum absolute atomic E-state index is 0.0746. The van der Waals surface area contributed by atoms with Crippen LogP contribution in [0.15, 0.2) is 28.8 Å². The van der Waals surface area contributed by atoms with Crippen LogP contribution < -0.4 is 0 Å². The van der Waals surface area contributed by atoms with Crippen molar-refractivity contribution < 1.29 is 18.8 Å². The van der Waals surface area contributed by atoms with Gasteiger partial charge < -0.3 is 19.1 Å². The van der Waals surface area contributed by atoms with Crippen LogP contribution in [0.5, 0.6) is 0 Å². The molecule has 0 saturated carbocycles. The molecule has 182 valence electrons. The standard InChI is InChI=1S/C26H34N4O4/c1-18-2-4-20(5-3-18)16-30-17-22(15-24(30)31)26(32)29-10-6-19(7-11-29)14-23-27-25(28-34-23)21-8-12-33-13-9-21/h2-5,19,21-22H,6-17H2,1H3. The fraction of sp³-hybridized carbons (Fsp3) is 0.615. The third-order valence-corrected chi connectivity index (χ3v) is 7.52. The van der Waals surface area contributed by atoms with Gasteiger partial charge in [0, 0.05) is 58.2 Å². The van der Waals surface area contributed by atoms with E-state index in [0.29, 0.717) is 37.2 Å². The number of ether oxygens (including phenoxy) is 1. The molecule has 8 heteroatoms. The molecule has 1 atom stereocenters. The summed E-state index contributed by atoms with van der Waals surface area (Å²) >= 11 is 0. The Labute approximate surface area is 200 Å². The summed E-state index contributed by atoms with van der Waals surface area (Å²) in [5, 5.41) is 4.21. The highest BCUT2D eigenvalue weighted by molar-refractivity contribution is 5.89. The molecule has 3 aliphatic rings. The number of amides is 2. The van der Waals surface area contributed by atoms with E-state index in [1.54, 1.807) is 0 Å². The first-order valence-corrected chi connectivity index (χ1v) is 12.6. The van der Waals surface area contributed by atoms with Gasteiger partial charge in [-0.15, -0.1) is 0 Å². The average Bonchev–Trinajstić information content (AvgIpc) is 3.48. The second-order valence-corrected chi connectivity index (χ2v) is 10.1. The average molecular weight is 467 g/mol. The number of nitrogens with zero attached hydrogens (tertiary/aromatic N) is 4. The lowest BCUT2D eigenvalue weighted by Crippen LogP contribution is -2.42. The molecule has 0 N–H and O–H groups in total. The Hall–Kier alpha value is -2.74. The van der Waals surface area contributed by atoms with E-state index in [9.17, 15) is 9.59 Å².